The first-order chi connectivity index (χ1) is 7.90. The third kappa shape index (κ3) is 2.39. The van der Waals surface area contributed by atoms with Crippen molar-refractivity contribution in [3.05, 3.63) is 33.2 Å². The number of hydrogen-bond donors (Lipinski definition) is 1. The molecule has 1 unspecified atom stereocenters. The van der Waals surface area contributed by atoms with E-state index in [1.54, 1.807) is 20.8 Å². The van der Waals surface area contributed by atoms with Crippen molar-refractivity contribution in [2.45, 2.75) is 33.2 Å². The molecule has 4 heteroatoms. The van der Waals surface area contributed by atoms with Gasteiger partial charge in [-0.2, -0.15) is 0 Å². The standard InChI is InChI=1S/C13H15NO3/c1-5-6-9(3)14-10(4)12(13(16)17)8(2)7-11(14)15/h1,7,9H,6H2,2-4H3,(H,16,17). The van der Waals surface area contributed by atoms with Gasteiger partial charge in [-0.1, -0.05) is 0 Å². The lowest BCUT2D eigenvalue weighted by atomic mass is 10.1. The molecular weight excluding hydrogens is 218 g/mol. The number of rotatable bonds is 3. The van der Waals surface area contributed by atoms with Gasteiger partial charge in [0.2, 0.25) is 0 Å². The maximum absolute atomic E-state index is 11.9. The molecule has 0 radical (unpaired) electrons. The van der Waals surface area contributed by atoms with Crippen molar-refractivity contribution in [2.75, 3.05) is 0 Å². The van der Waals surface area contributed by atoms with E-state index in [0.717, 1.165) is 0 Å². The van der Waals surface area contributed by atoms with Gasteiger partial charge in [0.05, 0.1) is 5.56 Å². The van der Waals surface area contributed by atoms with E-state index in [-0.39, 0.29) is 17.2 Å². The highest BCUT2D eigenvalue weighted by molar-refractivity contribution is 5.90. The Balaban J connectivity index is 3.52. The summed E-state index contributed by atoms with van der Waals surface area (Å²) in [7, 11) is 0. The molecule has 0 saturated heterocycles. The highest BCUT2D eigenvalue weighted by Crippen LogP contribution is 2.16. The largest absolute Gasteiger partial charge is 0.478 e. The summed E-state index contributed by atoms with van der Waals surface area (Å²) in [5.74, 6) is 1.45. The molecule has 17 heavy (non-hydrogen) atoms. The predicted molar refractivity (Wildman–Crippen MR) is 65.3 cm³/mol. The molecule has 1 aromatic rings. The number of nitrogens with zero attached hydrogens (tertiary/aromatic N) is 1. The summed E-state index contributed by atoms with van der Waals surface area (Å²) in [5.41, 5.74) is 0.885. The van der Waals surface area contributed by atoms with E-state index in [1.165, 1.54) is 10.6 Å². The lowest BCUT2D eigenvalue weighted by Crippen LogP contribution is -2.28. The Hall–Kier alpha value is -2.02. The van der Waals surface area contributed by atoms with E-state index in [0.29, 0.717) is 17.7 Å². The molecule has 0 aliphatic carbocycles. The number of terminal acetylenes is 1. The fourth-order valence-electron chi connectivity index (χ4n) is 2.03. The lowest BCUT2D eigenvalue weighted by molar-refractivity contribution is 0.0694. The zero-order valence-corrected chi connectivity index (χ0v) is 10.2. The molecule has 0 aliphatic rings. The molecule has 90 valence electrons. The Morgan fingerprint density at radius 2 is 2.18 bits per heavy atom. The van der Waals surface area contributed by atoms with Crippen LogP contribution in [0.15, 0.2) is 10.9 Å². The maximum Gasteiger partial charge on any atom is 0.337 e. The quantitative estimate of drug-likeness (QED) is 0.809. The molecule has 1 N–H and O–H groups in total. The van der Waals surface area contributed by atoms with Gasteiger partial charge >= 0.3 is 5.97 Å². The van der Waals surface area contributed by atoms with E-state index >= 15 is 0 Å². The van der Waals surface area contributed by atoms with Gasteiger partial charge < -0.3 is 9.67 Å². The first-order valence-corrected chi connectivity index (χ1v) is 5.29. The van der Waals surface area contributed by atoms with Gasteiger partial charge in [0.1, 0.15) is 0 Å². The fraction of sp³-hybridized carbons (Fsp3) is 0.385. The fourth-order valence-corrected chi connectivity index (χ4v) is 2.03. The SMILES string of the molecule is C#CCC(C)n1c(C)c(C(=O)O)c(C)cc1=O. The molecule has 0 saturated carbocycles. The summed E-state index contributed by atoms with van der Waals surface area (Å²) >= 11 is 0. The van der Waals surface area contributed by atoms with Crippen molar-refractivity contribution in [3.63, 3.8) is 0 Å². The van der Waals surface area contributed by atoms with Crippen molar-refractivity contribution >= 4 is 5.97 Å². The highest BCUT2D eigenvalue weighted by Gasteiger charge is 2.18. The van der Waals surface area contributed by atoms with Crippen LogP contribution in [0.3, 0.4) is 0 Å². The topological polar surface area (TPSA) is 59.3 Å². The van der Waals surface area contributed by atoms with Crippen LogP contribution in [-0.2, 0) is 0 Å². The number of carbonyl (C=O) groups is 1. The molecule has 0 amide bonds. The normalized spacial score (nSPS) is 11.9. The molecule has 0 bridgehead atoms. The number of hydrogen-bond acceptors (Lipinski definition) is 2. The minimum atomic E-state index is -1.03. The monoisotopic (exact) mass is 233 g/mol. The van der Waals surface area contributed by atoms with Crippen molar-refractivity contribution in [3.8, 4) is 12.3 Å². The van der Waals surface area contributed by atoms with Gasteiger partial charge in [-0.15, -0.1) is 12.3 Å². The number of carboxylic acid groups (broad SMARTS) is 1. The molecule has 1 aromatic heterocycles. The average Bonchev–Trinajstić information content (AvgIpc) is 2.15. The van der Waals surface area contributed by atoms with Gasteiger partial charge in [0.25, 0.3) is 5.56 Å². The number of aromatic carboxylic acids is 1. The van der Waals surface area contributed by atoms with Gasteiger partial charge in [-0.05, 0) is 26.3 Å². The van der Waals surface area contributed by atoms with Crippen molar-refractivity contribution < 1.29 is 9.90 Å². The summed E-state index contributed by atoms with van der Waals surface area (Å²) in [6.45, 7) is 5.05. The molecule has 1 atom stereocenters. The minimum absolute atomic E-state index is 0.175. The first-order valence-electron chi connectivity index (χ1n) is 5.29. The Morgan fingerprint density at radius 3 is 2.65 bits per heavy atom. The van der Waals surface area contributed by atoms with Crippen molar-refractivity contribution in [1.82, 2.24) is 4.57 Å². The van der Waals surface area contributed by atoms with Gasteiger partial charge in [0, 0.05) is 24.2 Å². The Labute approximate surface area is 99.9 Å². The number of carboxylic acids is 1. The summed E-state index contributed by atoms with van der Waals surface area (Å²) in [4.78, 5) is 23.0. The molecule has 0 aliphatic heterocycles. The lowest BCUT2D eigenvalue weighted by Gasteiger charge is -2.18. The Kier molecular flexibility index (Phi) is 3.74. The summed E-state index contributed by atoms with van der Waals surface area (Å²) in [5, 5.41) is 9.12. The molecule has 1 heterocycles. The van der Waals surface area contributed by atoms with E-state index < -0.39 is 5.97 Å². The second-order valence-corrected chi connectivity index (χ2v) is 4.06. The zero-order valence-electron chi connectivity index (χ0n) is 10.2. The van der Waals surface area contributed by atoms with E-state index in [1.807, 2.05) is 0 Å². The van der Waals surface area contributed by atoms with Crippen LogP contribution in [0.5, 0.6) is 0 Å². The Morgan fingerprint density at radius 1 is 1.59 bits per heavy atom. The van der Waals surface area contributed by atoms with Crippen LogP contribution in [0.1, 0.15) is 41.0 Å². The summed E-state index contributed by atoms with van der Waals surface area (Å²) in [6, 6.07) is 1.13. The second kappa shape index (κ2) is 4.88. The van der Waals surface area contributed by atoms with Crippen LogP contribution < -0.4 is 5.56 Å². The zero-order chi connectivity index (χ0) is 13.2. The smallest absolute Gasteiger partial charge is 0.337 e. The molecule has 4 nitrogen and oxygen atoms in total. The third-order valence-electron chi connectivity index (χ3n) is 2.76. The average molecular weight is 233 g/mol. The van der Waals surface area contributed by atoms with Crippen LogP contribution in [0.25, 0.3) is 0 Å². The highest BCUT2D eigenvalue weighted by atomic mass is 16.4. The van der Waals surface area contributed by atoms with E-state index in [9.17, 15) is 9.59 Å². The van der Waals surface area contributed by atoms with Gasteiger partial charge in [0.15, 0.2) is 0 Å². The van der Waals surface area contributed by atoms with Crippen molar-refractivity contribution in [1.29, 1.82) is 0 Å². The molecule has 0 fully saturated rings. The van der Waals surface area contributed by atoms with Crippen LogP contribution >= 0.6 is 0 Å². The van der Waals surface area contributed by atoms with E-state index in [2.05, 4.69) is 5.92 Å². The first kappa shape index (κ1) is 13.0. The minimum Gasteiger partial charge on any atom is -0.478 e. The molecule has 0 spiro atoms. The number of aromatic nitrogens is 1. The molecule has 0 aromatic carbocycles. The number of aryl methyl sites for hydroxylation is 1. The third-order valence-corrected chi connectivity index (χ3v) is 2.76. The summed E-state index contributed by atoms with van der Waals surface area (Å²) in [6.07, 6.45) is 5.60. The van der Waals surface area contributed by atoms with Crippen LogP contribution in [0.2, 0.25) is 0 Å². The number of pyridine rings is 1. The van der Waals surface area contributed by atoms with Gasteiger partial charge in [-0.25, -0.2) is 4.79 Å². The summed E-state index contributed by atoms with van der Waals surface area (Å²) < 4.78 is 1.44. The van der Waals surface area contributed by atoms with Gasteiger partial charge in [-0.3, -0.25) is 4.79 Å². The van der Waals surface area contributed by atoms with Crippen LogP contribution in [-0.4, -0.2) is 15.6 Å². The predicted octanol–water partition coefficient (Wildman–Crippen LogP) is 1.75. The van der Waals surface area contributed by atoms with Crippen LogP contribution in [0, 0.1) is 26.2 Å². The van der Waals surface area contributed by atoms with Crippen molar-refractivity contribution in [2.24, 2.45) is 0 Å². The Bertz CT molecular complexity index is 549. The second-order valence-electron chi connectivity index (χ2n) is 4.06. The molecule has 1 rings (SSSR count). The maximum atomic E-state index is 11.9. The van der Waals surface area contributed by atoms with E-state index in [4.69, 9.17) is 11.5 Å². The molecular formula is C13H15NO3. The van der Waals surface area contributed by atoms with Crippen LogP contribution in [0.4, 0.5) is 0 Å².